The zero-order valence-electron chi connectivity index (χ0n) is 8.07. The summed E-state index contributed by atoms with van der Waals surface area (Å²) in [5.41, 5.74) is 0.781. The number of amides is 1. The lowest BCUT2D eigenvalue weighted by atomic mass is 10.3. The molecule has 1 N–H and O–H groups in total. The molecule has 0 fully saturated rings. The maximum absolute atomic E-state index is 11.2. The van der Waals surface area contributed by atoms with E-state index in [0.717, 1.165) is 5.69 Å². The summed E-state index contributed by atoms with van der Waals surface area (Å²) in [5.74, 6) is -0.199. The highest BCUT2D eigenvalue weighted by Crippen LogP contribution is 1.96. The molecule has 0 unspecified atom stereocenters. The molecule has 0 radical (unpaired) electrons. The zero-order valence-corrected chi connectivity index (χ0v) is 8.83. The minimum absolute atomic E-state index is 0.0651. The summed E-state index contributed by atoms with van der Waals surface area (Å²) in [4.78, 5) is 25.6. The summed E-state index contributed by atoms with van der Waals surface area (Å²) in [7, 11) is 0. The molecule has 15 heavy (non-hydrogen) atoms. The lowest BCUT2D eigenvalue weighted by molar-refractivity contribution is -0.123. The fraction of sp³-hybridized carbons (Fsp3) is 0.300. The predicted octanol–water partition coefficient (Wildman–Crippen LogP) is 1.24. The Bertz CT molecular complexity index is 341. The number of aromatic nitrogens is 1. The molecular formula is C10H11ClN2O2. The molecular weight excluding hydrogens is 216 g/mol. The number of nitrogens with one attached hydrogen (secondary N) is 1. The molecule has 0 spiro atoms. The van der Waals surface area contributed by atoms with Gasteiger partial charge in [0.1, 0.15) is 0 Å². The summed E-state index contributed by atoms with van der Waals surface area (Å²) in [6.45, 7) is 0.371. The molecule has 4 nitrogen and oxygen atoms in total. The second-order valence-electron chi connectivity index (χ2n) is 2.95. The molecule has 1 heterocycles. The zero-order chi connectivity index (χ0) is 11.1. The lowest BCUT2D eigenvalue weighted by Crippen LogP contribution is -2.23. The Hall–Kier alpha value is -1.42. The molecule has 5 heteroatoms. The van der Waals surface area contributed by atoms with Crippen LogP contribution in [0.3, 0.4) is 0 Å². The van der Waals surface area contributed by atoms with Gasteiger partial charge in [0.15, 0.2) is 0 Å². The number of carbonyl (C=O) groups excluding carboxylic acids is 2. The molecule has 1 amide bonds. The number of carbonyl (C=O) groups is 2. The van der Waals surface area contributed by atoms with Gasteiger partial charge >= 0.3 is 0 Å². The number of hydrogen-bond donors (Lipinski definition) is 1. The second-order valence-corrected chi connectivity index (χ2v) is 3.37. The van der Waals surface area contributed by atoms with Crippen LogP contribution in [-0.4, -0.2) is 16.1 Å². The molecule has 1 aromatic heterocycles. The van der Waals surface area contributed by atoms with Crippen molar-refractivity contribution in [2.24, 2.45) is 0 Å². The smallest absolute Gasteiger partial charge is 0.222 e. The molecule has 0 aromatic carbocycles. The monoisotopic (exact) mass is 226 g/mol. The van der Waals surface area contributed by atoms with Gasteiger partial charge in [-0.05, 0) is 23.7 Å². The van der Waals surface area contributed by atoms with Crippen LogP contribution >= 0.6 is 11.6 Å². The van der Waals surface area contributed by atoms with E-state index in [4.69, 9.17) is 11.6 Å². The normalized spacial score (nSPS) is 9.67. The first-order valence-corrected chi connectivity index (χ1v) is 4.91. The molecule has 0 atom stereocenters. The number of pyridine rings is 1. The average Bonchev–Trinajstić information content (AvgIpc) is 2.25. The van der Waals surface area contributed by atoms with Gasteiger partial charge in [-0.25, -0.2) is 0 Å². The highest BCUT2D eigenvalue weighted by molar-refractivity contribution is 6.63. The maximum atomic E-state index is 11.2. The number of nitrogens with zero attached hydrogens (tertiary/aromatic N) is 1. The van der Waals surface area contributed by atoms with E-state index in [-0.39, 0.29) is 18.7 Å². The van der Waals surface area contributed by atoms with Crippen molar-refractivity contribution in [3.63, 3.8) is 0 Å². The van der Waals surface area contributed by atoms with Crippen LogP contribution in [0.2, 0.25) is 0 Å². The van der Waals surface area contributed by atoms with E-state index >= 15 is 0 Å². The number of hydrogen-bond acceptors (Lipinski definition) is 3. The first kappa shape index (κ1) is 11.7. The Morgan fingerprint density at radius 2 is 2.13 bits per heavy atom. The van der Waals surface area contributed by atoms with Crippen LogP contribution in [0, 0.1) is 0 Å². The van der Waals surface area contributed by atoms with E-state index in [9.17, 15) is 9.59 Å². The van der Waals surface area contributed by atoms with Crippen LogP contribution in [0.4, 0.5) is 0 Å². The van der Waals surface area contributed by atoms with Gasteiger partial charge in [-0.15, -0.1) is 0 Å². The van der Waals surface area contributed by atoms with Crippen molar-refractivity contribution in [1.29, 1.82) is 0 Å². The van der Waals surface area contributed by atoms with Crippen LogP contribution in [0.1, 0.15) is 18.5 Å². The summed E-state index contributed by atoms with van der Waals surface area (Å²) >= 11 is 5.11. The third-order valence-corrected chi connectivity index (χ3v) is 1.93. The number of rotatable bonds is 5. The van der Waals surface area contributed by atoms with E-state index in [2.05, 4.69) is 10.3 Å². The Kier molecular flexibility index (Phi) is 4.77. The highest BCUT2D eigenvalue weighted by atomic mass is 35.5. The molecule has 0 bridgehead atoms. The van der Waals surface area contributed by atoms with Crippen molar-refractivity contribution in [3.05, 3.63) is 30.1 Å². The summed E-state index contributed by atoms with van der Waals surface area (Å²) in [5, 5.41) is 2.14. The highest BCUT2D eigenvalue weighted by Gasteiger charge is 2.04. The Morgan fingerprint density at radius 3 is 2.73 bits per heavy atom. The van der Waals surface area contributed by atoms with Crippen molar-refractivity contribution in [2.75, 3.05) is 0 Å². The van der Waals surface area contributed by atoms with Crippen LogP contribution < -0.4 is 5.32 Å². The van der Waals surface area contributed by atoms with Gasteiger partial charge in [-0.2, -0.15) is 0 Å². The minimum Gasteiger partial charge on any atom is -0.350 e. The van der Waals surface area contributed by atoms with Crippen LogP contribution in [0.25, 0.3) is 0 Å². The summed E-state index contributed by atoms with van der Waals surface area (Å²) < 4.78 is 0. The first-order valence-electron chi connectivity index (χ1n) is 4.53. The second kappa shape index (κ2) is 6.14. The Balaban J connectivity index is 2.26. The molecule has 1 rings (SSSR count). The number of halogens is 1. The van der Waals surface area contributed by atoms with Crippen LogP contribution in [0.5, 0.6) is 0 Å². The maximum Gasteiger partial charge on any atom is 0.222 e. The quantitative estimate of drug-likeness (QED) is 0.769. The van der Waals surface area contributed by atoms with Gasteiger partial charge in [0.05, 0.1) is 12.2 Å². The molecule has 0 aliphatic heterocycles. The van der Waals surface area contributed by atoms with E-state index in [1.807, 2.05) is 12.1 Å². The topological polar surface area (TPSA) is 59.1 Å². The van der Waals surface area contributed by atoms with Crippen molar-refractivity contribution in [3.8, 4) is 0 Å². The van der Waals surface area contributed by atoms with Crippen LogP contribution in [0.15, 0.2) is 24.4 Å². The SMILES string of the molecule is O=C(Cl)CCC(=O)NCc1ccccn1. The van der Waals surface area contributed by atoms with Gasteiger partial charge in [0.25, 0.3) is 0 Å². The average molecular weight is 227 g/mol. The van der Waals surface area contributed by atoms with E-state index in [1.54, 1.807) is 12.3 Å². The molecule has 0 saturated heterocycles. The summed E-state index contributed by atoms with van der Waals surface area (Å²) in [6, 6.07) is 5.46. The Morgan fingerprint density at radius 1 is 1.33 bits per heavy atom. The lowest BCUT2D eigenvalue weighted by Gasteiger charge is -2.02. The van der Waals surface area contributed by atoms with Gasteiger partial charge in [0, 0.05) is 19.0 Å². The fourth-order valence-corrected chi connectivity index (χ4v) is 1.09. The van der Waals surface area contributed by atoms with Gasteiger partial charge in [0.2, 0.25) is 11.1 Å². The molecule has 1 aromatic rings. The summed E-state index contributed by atoms with van der Waals surface area (Å²) in [6.07, 6.45) is 1.84. The van der Waals surface area contributed by atoms with Crippen molar-refractivity contribution in [1.82, 2.24) is 10.3 Å². The third-order valence-electron chi connectivity index (χ3n) is 1.74. The largest absolute Gasteiger partial charge is 0.350 e. The fourth-order valence-electron chi connectivity index (χ4n) is 0.992. The Labute approximate surface area is 92.7 Å². The minimum atomic E-state index is -0.497. The predicted molar refractivity (Wildman–Crippen MR) is 56.2 cm³/mol. The molecule has 0 saturated carbocycles. The van der Waals surface area contributed by atoms with E-state index < -0.39 is 5.24 Å². The van der Waals surface area contributed by atoms with Crippen LogP contribution in [-0.2, 0) is 16.1 Å². The molecule has 0 aliphatic carbocycles. The van der Waals surface area contributed by atoms with E-state index in [1.165, 1.54) is 0 Å². The molecule has 0 aliphatic rings. The van der Waals surface area contributed by atoms with Crippen molar-refractivity contribution >= 4 is 22.8 Å². The first-order chi connectivity index (χ1) is 7.18. The van der Waals surface area contributed by atoms with Gasteiger partial charge in [-0.1, -0.05) is 6.07 Å². The molecule has 80 valence electrons. The van der Waals surface area contributed by atoms with Gasteiger partial charge < -0.3 is 5.32 Å². The van der Waals surface area contributed by atoms with Crippen molar-refractivity contribution in [2.45, 2.75) is 19.4 Å². The van der Waals surface area contributed by atoms with Gasteiger partial charge in [-0.3, -0.25) is 14.6 Å². The standard InChI is InChI=1S/C10H11ClN2O2/c11-9(14)4-5-10(15)13-7-8-3-1-2-6-12-8/h1-3,6H,4-5,7H2,(H,13,15). The van der Waals surface area contributed by atoms with E-state index in [0.29, 0.717) is 6.54 Å². The third kappa shape index (κ3) is 5.12. The van der Waals surface area contributed by atoms with Crippen molar-refractivity contribution < 1.29 is 9.59 Å².